The van der Waals surface area contributed by atoms with Crippen molar-refractivity contribution < 1.29 is 0 Å². The first-order valence-electron chi connectivity index (χ1n) is 7.63. The molecule has 2 heteroatoms. The van der Waals surface area contributed by atoms with Crippen LogP contribution in [0, 0.1) is 6.92 Å². The second kappa shape index (κ2) is 10.3. The Labute approximate surface area is 123 Å². The number of hydrogen-bond donors (Lipinski definition) is 1. The van der Waals surface area contributed by atoms with Gasteiger partial charge in [-0.15, -0.1) is 0 Å². The van der Waals surface area contributed by atoms with Crippen LogP contribution in [0.3, 0.4) is 0 Å². The maximum Gasteiger partial charge on any atom is 0.00201 e. The van der Waals surface area contributed by atoms with Crippen molar-refractivity contribution in [3.63, 3.8) is 0 Å². The van der Waals surface area contributed by atoms with E-state index in [1.807, 2.05) is 0 Å². The van der Waals surface area contributed by atoms with Gasteiger partial charge in [-0.25, -0.2) is 0 Å². The van der Waals surface area contributed by atoms with E-state index in [4.69, 9.17) is 0 Å². The van der Waals surface area contributed by atoms with Crippen molar-refractivity contribution in [2.45, 2.75) is 46.0 Å². The van der Waals surface area contributed by atoms with Crippen LogP contribution >= 0.6 is 11.8 Å². The number of benzene rings is 1. The third kappa shape index (κ3) is 7.03. The predicted octanol–water partition coefficient (Wildman–Crippen LogP) is 4.61. The number of hydrogen-bond acceptors (Lipinski definition) is 2. The van der Waals surface area contributed by atoms with E-state index in [1.54, 1.807) is 0 Å². The van der Waals surface area contributed by atoms with Crippen LogP contribution < -0.4 is 5.32 Å². The Morgan fingerprint density at radius 3 is 2.79 bits per heavy atom. The Balaban J connectivity index is 2.52. The van der Waals surface area contributed by atoms with Crippen molar-refractivity contribution in [3.8, 4) is 0 Å². The van der Waals surface area contributed by atoms with E-state index < -0.39 is 0 Å². The minimum atomic E-state index is 0.670. The molecule has 0 aliphatic rings. The largest absolute Gasteiger partial charge is 0.316 e. The number of thioether (sulfide) groups is 1. The van der Waals surface area contributed by atoms with Crippen LogP contribution in [0.2, 0.25) is 0 Å². The Hall–Kier alpha value is -0.470. The average molecular weight is 279 g/mol. The average Bonchev–Trinajstić information content (AvgIpc) is 2.41. The van der Waals surface area contributed by atoms with Gasteiger partial charge in [0.15, 0.2) is 0 Å². The summed E-state index contributed by atoms with van der Waals surface area (Å²) in [4.78, 5) is 0. The van der Waals surface area contributed by atoms with Crippen molar-refractivity contribution in [1.29, 1.82) is 0 Å². The lowest BCUT2D eigenvalue weighted by Gasteiger charge is -2.18. The second-order valence-corrected chi connectivity index (χ2v) is 6.55. The van der Waals surface area contributed by atoms with Gasteiger partial charge in [0.1, 0.15) is 0 Å². The van der Waals surface area contributed by atoms with Crippen LogP contribution in [0.15, 0.2) is 24.3 Å². The molecule has 0 aliphatic heterocycles. The minimum absolute atomic E-state index is 0.670. The normalized spacial score (nSPS) is 12.6. The van der Waals surface area contributed by atoms with E-state index in [1.165, 1.54) is 41.9 Å². The summed E-state index contributed by atoms with van der Waals surface area (Å²) >= 11 is 2.06. The molecule has 1 N–H and O–H groups in total. The van der Waals surface area contributed by atoms with E-state index >= 15 is 0 Å². The van der Waals surface area contributed by atoms with Crippen LogP contribution in [0.1, 0.15) is 50.2 Å². The molecular weight excluding hydrogens is 250 g/mol. The quantitative estimate of drug-likeness (QED) is 0.628. The van der Waals surface area contributed by atoms with Gasteiger partial charge in [0.2, 0.25) is 0 Å². The molecule has 0 radical (unpaired) electrons. The molecule has 0 saturated carbocycles. The fraction of sp³-hybridized carbons (Fsp3) is 0.647. The highest BCUT2D eigenvalue weighted by Gasteiger charge is 2.11. The summed E-state index contributed by atoms with van der Waals surface area (Å²) in [6.45, 7) is 8.91. The highest BCUT2D eigenvalue weighted by Crippen LogP contribution is 2.22. The summed E-state index contributed by atoms with van der Waals surface area (Å²) in [5, 5.41) is 3.59. The van der Waals surface area contributed by atoms with E-state index in [0.717, 1.165) is 13.1 Å². The van der Waals surface area contributed by atoms with E-state index in [-0.39, 0.29) is 0 Å². The zero-order chi connectivity index (χ0) is 13.9. The zero-order valence-electron chi connectivity index (χ0n) is 12.7. The van der Waals surface area contributed by atoms with Crippen LogP contribution in [0.4, 0.5) is 0 Å². The van der Waals surface area contributed by atoms with E-state index in [2.05, 4.69) is 62.1 Å². The Morgan fingerprint density at radius 1 is 1.26 bits per heavy atom. The van der Waals surface area contributed by atoms with Gasteiger partial charge < -0.3 is 5.32 Å². The molecule has 0 amide bonds. The molecule has 0 saturated heterocycles. The predicted molar refractivity (Wildman–Crippen MR) is 89.3 cm³/mol. The smallest absolute Gasteiger partial charge is 0.00201 e. The number of aryl methyl sites for hydroxylation is 1. The summed E-state index contributed by atoms with van der Waals surface area (Å²) < 4.78 is 0. The van der Waals surface area contributed by atoms with Gasteiger partial charge in [-0.1, -0.05) is 43.7 Å². The lowest BCUT2D eigenvalue weighted by Crippen LogP contribution is -2.22. The van der Waals surface area contributed by atoms with E-state index in [0.29, 0.717) is 5.92 Å². The van der Waals surface area contributed by atoms with Crippen molar-refractivity contribution in [1.82, 2.24) is 5.32 Å². The number of rotatable bonds is 10. The third-order valence-corrected chi connectivity index (χ3v) is 4.36. The summed E-state index contributed by atoms with van der Waals surface area (Å²) in [5.74, 6) is 3.21. The molecular formula is C17H29NS. The molecule has 0 spiro atoms. The highest BCUT2D eigenvalue weighted by molar-refractivity contribution is 7.99. The molecule has 0 aromatic heterocycles. The number of nitrogens with one attached hydrogen (secondary N) is 1. The Morgan fingerprint density at radius 2 is 2.11 bits per heavy atom. The SMILES string of the molecule is CCCNCC(CCCSCC)c1cccc(C)c1. The Kier molecular flexibility index (Phi) is 9.02. The summed E-state index contributed by atoms with van der Waals surface area (Å²) in [6, 6.07) is 9.02. The first-order valence-corrected chi connectivity index (χ1v) is 8.78. The maximum atomic E-state index is 3.59. The first-order chi connectivity index (χ1) is 9.27. The molecule has 0 aliphatic carbocycles. The van der Waals surface area contributed by atoms with Crippen molar-refractivity contribution >= 4 is 11.8 Å². The van der Waals surface area contributed by atoms with E-state index in [9.17, 15) is 0 Å². The van der Waals surface area contributed by atoms with Gasteiger partial charge >= 0.3 is 0 Å². The van der Waals surface area contributed by atoms with Crippen LogP contribution in [-0.2, 0) is 0 Å². The maximum absolute atomic E-state index is 3.59. The standard InChI is InChI=1S/C17H29NS/c1-4-11-18-14-17(10-7-12-19-5-2)16-9-6-8-15(3)13-16/h6,8-9,13,17-18H,4-5,7,10-12,14H2,1-3H3. The van der Waals surface area contributed by atoms with Gasteiger partial charge in [0.25, 0.3) is 0 Å². The third-order valence-electron chi connectivity index (χ3n) is 3.38. The van der Waals surface area contributed by atoms with Gasteiger partial charge in [0, 0.05) is 6.54 Å². The van der Waals surface area contributed by atoms with Crippen molar-refractivity contribution in [2.24, 2.45) is 0 Å². The molecule has 1 unspecified atom stereocenters. The molecule has 1 nitrogen and oxygen atoms in total. The van der Waals surface area contributed by atoms with Crippen LogP contribution in [0.25, 0.3) is 0 Å². The topological polar surface area (TPSA) is 12.0 Å². The first kappa shape index (κ1) is 16.6. The summed E-state index contributed by atoms with van der Waals surface area (Å²) in [5.41, 5.74) is 2.88. The lowest BCUT2D eigenvalue weighted by molar-refractivity contribution is 0.544. The molecule has 0 fully saturated rings. The molecule has 19 heavy (non-hydrogen) atoms. The fourth-order valence-electron chi connectivity index (χ4n) is 2.34. The minimum Gasteiger partial charge on any atom is -0.316 e. The summed E-state index contributed by atoms with van der Waals surface area (Å²) in [6.07, 6.45) is 3.84. The monoisotopic (exact) mass is 279 g/mol. The van der Waals surface area contributed by atoms with Crippen molar-refractivity contribution in [3.05, 3.63) is 35.4 Å². The molecule has 108 valence electrons. The fourth-order valence-corrected chi connectivity index (χ4v) is 3.00. The zero-order valence-corrected chi connectivity index (χ0v) is 13.6. The van der Waals surface area contributed by atoms with Crippen molar-refractivity contribution in [2.75, 3.05) is 24.6 Å². The molecule has 1 aromatic carbocycles. The van der Waals surface area contributed by atoms with Gasteiger partial charge in [-0.2, -0.15) is 11.8 Å². The molecule has 1 aromatic rings. The molecule has 1 atom stereocenters. The van der Waals surface area contributed by atoms with Gasteiger partial charge in [0.05, 0.1) is 0 Å². The molecule has 0 bridgehead atoms. The lowest BCUT2D eigenvalue weighted by atomic mass is 9.93. The van der Waals surface area contributed by atoms with Gasteiger partial charge in [-0.3, -0.25) is 0 Å². The molecule has 1 rings (SSSR count). The Bertz CT molecular complexity index is 338. The van der Waals surface area contributed by atoms with Gasteiger partial charge in [-0.05, 0) is 55.7 Å². The van der Waals surface area contributed by atoms with Crippen LogP contribution in [0.5, 0.6) is 0 Å². The highest BCUT2D eigenvalue weighted by atomic mass is 32.2. The van der Waals surface area contributed by atoms with Crippen LogP contribution in [-0.4, -0.2) is 24.6 Å². The second-order valence-electron chi connectivity index (χ2n) is 5.15. The molecule has 0 heterocycles. The summed E-state index contributed by atoms with van der Waals surface area (Å²) in [7, 11) is 0.